The highest BCUT2D eigenvalue weighted by Gasteiger charge is 2.29. The van der Waals surface area contributed by atoms with Crippen molar-refractivity contribution < 1.29 is 87.0 Å². The van der Waals surface area contributed by atoms with Gasteiger partial charge in [-0.15, -0.1) is 0 Å². The summed E-state index contributed by atoms with van der Waals surface area (Å²) in [5.41, 5.74) is 4.95. The third-order valence-electron chi connectivity index (χ3n) is 11.6. The van der Waals surface area contributed by atoms with E-state index in [-0.39, 0.29) is 80.3 Å². The van der Waals surface area contributed by atoms with Gasteiger partial charge in [-0.2, -0.15) is 0 Å². The van der Waals surface area contributed by atoms with Gasteiger partial charge in [0.1, 0.15) is 18.1 Å². The van der Waals surface area contributed by atoms with E-state index in [0.717, 1.165) is 16.7 Å². The fourth-order valence-electron chi connectivity index (χ4n) is 7.49. The van der Waals surface area contributed by atoms with E-state index < -0.39 is 54.9 Å². The molecule has 4 aromatic rings. The number of carbonyl (C=O) groups is 11. The molecule has 4 fully saturated rings. The van der Waals surface area contributed by atoms with Gasteiger partial charge in [0.05, 0.1) is 16.8 Å². The summed E-state index contributed by atoms with van der Waals surface area (Å²) >= 11 is 0. The quantitative estimate of drug-likeness (QED) is 0.0865. The molecule has 0 saturated carbocycles. The van der Waals surface area contributed by atoms with Gasteiger partial charge in [-0.1, -0.05) is 18.2 Å². The van der Waals surface area contributed by atoms with Crippen molar-refractivity contribution in [2.24, 2.45) is 0 Å². The van der Waals surface area contributed by atoms with Crippen LogP contribution in [0.2, 0.25) is 0 Å². The Kier molecular flexibility index (Phi) is 20.7. The molecule has 0 bridgehead atoms. The molecule has 26 heteroatoms. The van der Waals surface area contributed by atoms with Crippen LogP contribution in [0.3, 0.4) is 0 Å². The van der Waals surface area contributed by atoms with Crippen LogP contribution in [0.1, 0.15) is 63.1 Å². The molecular weight excluding hydrogens is 1010 g/mol. The van der Waals surface area contributed by atoms with Crippen LogP contribution in [0.15, 0.2) is 78.9 Å². The van der Waals surface area contributed by atoms with Gasteiger partial charge < -0.3 is 34.3 Å². The minimum absolute atomic E-state index is 0.111. The number of aliphatic carboxylic acids is 1. The predicted molar refractivity (Wildman–Crippen MR) is 272 cm³/mol. The number of methoxy groups -OCH3 is 2. The lowest BCUT2D eigenvalue weighted by Gasteiger charge is -2.28. The number of aryl methyl sites for hydroxylation is 3. The van der Waals surface area contributed by atoms with Gasteiger partial charge in [0, 0.05) is 89.2 Å². The first-order chi connectivity index (χ1) is 36.6. The van der Waals surface area contributed by atoms with Crippen LogP contribution in [0.25, 0.3) is 0 Å². The number of carbonyl (C=O) groups excluding carboxylic acids is 8. The molecule has 0 aromatic heterocycles. The number of hydrogen-bond donors (Lipinski definition) is 7. The summed E-state index contributed by atoms with van der Waals surface area (Å²) in [5, 5.41) is 35.4. The molecule has 0 aliphatic carbocycles. The van der Waals surface area contributed by atoms with Crippen LogP contribution in [-0.2, 0) is 33.4 Å². The SMILES string of the molecule is COC(COc1ccc(N2CCC(=O)NC2=O)cc1)OC.Cc1ccc(C(=O)O)cc1N1CCC(=O)NC1=O.Cc1ccc(C(=O)O)cc1N1CCC(=O)NC1=O.Cc1ccc(OCC(=O)O)cc1N1CCC(=O)NC1=O. The number of carboxylic acids is 3. The van der Waals surface area contributed by atoms with E-state index in [1.165, 1.54) is 58.1 Å². The number of carboxylic acid groups (broad SMARTS) is 3. The van der Waals surface area contributed by atoms with Gasteiger partial charge in [0.15, 0.2) is 12.9 Å². The van der Waals surface area contributed by atoms with Crippen LogP contribution in [-0.4, -0.2) is 141 Å². The van der Waals surface area contributed by atoms with E-state index in [9.17, 15) is 52.7 Å². The number of rotatable bonds is 14. The van der Waals surface area contributed by atoms with Crippen molar-refractivity contribution in [3.8, 4) is 11.5 Å². The van der Waals surface area contributed by atoms with Crippen molar-refractivity contribution in [2.75, 3.05) is 73.2 Å². The molecule has 4 heterocycles. The Morgan fingerprint density at radius 2 is 0.831 bits per heavy atom. The molecule has 0 spiro atoms. The normalized spacial score (nSPS) is 15.3. The van der Waals surface area contributed by atoms with Gasteiger partial charge in [-0.3, -0.25) is 60.0 Å². The first-order valence-corrected chi connectivity index (χ1v) is 23.5. The van der Waals surface area contributed by atoms with Crippen molar-refractivity contribution in [3.63, 3.8) is 0 Å². The standard InChI is InChI=1S/C14H18N2O5.C13H14N2O5.2C12H12N2O4/c1-19-13(20-2)9-21-11-5-3-10(4-6-11)16-8-7-12(17)15-14(16)18;1-8-2-3-9(20-7-12(17)18)6-10(8)15-5-4-11(16)14-13(15)19;2*1-7-2-3-8(11(16)17)6-9(7)14-5-4-10(15)13-12(14)18/h3-6,13H,7-9H2,1-2H3,(H,15,17,18);2-3,6H,4-5,7H2,1H3,(H,17,18)(H,14,16,19);2*2-3,6H,4-5H2,1H3,(H,16,17)(H,13,15,18). The molecule has 8 rings (SSSR count). The molecule has 0 radical (unpaired) electrons. The van der Waals surface area contributed by atoms with Gasteiger partial charge in [0.2, 0.25) is 23.6 Å². The maximum Gasteiger partial charge on any atom is 0.341 e. The van der Waals surface area contributed by atoms with E-state index in [1.807, 2.05) is 6.92 Å². The number of aromatic carboxylic acids is 2. The van der Waals surface area contributed by atoms with Crippen LogP contribution >= 0.6 is 0 Å². The number of imide groups is 4. The Morgan fingerprint density at radius 3 is 1.18 bits per heavy atom. The summed E-state index contributed by atoms with van der Waals surface area (Å²) in [6.45, 7) is 6.38. The van der Waals surface area contributed by atoms with Gasteiger partial charge in [-0.05, 0) is 92.1 Å². The van der Waals surface area contributed by atoms with Crippen LogP contribution < -0.4 is 50.3 Å². The molecular formula is C51H56N8O18. The summed E-state index contributed by atoms with van der Waals surface area (Å²) < 4.78 is 20.6. The zero-order valence-corrected chi connectivity index (χ0v) is 42.4. The second-order valence-electron chi connectivity index (χ2n) is 17.0. The smallest absolute Gasteiger partial charge is 0.341 e. The van der Waals surface area contributed by atoms with E-state index >= 15 is 0 Å². The largest absolute Gasteiger partial charge is 0.488 e. The highest BCUT2D eigenvalue weighted by molar-refractivity contribution is 6.08. The molecule has 4 saturated heterocycles. The molecule has 7 N–H and O–H groups in total. The Balaban J connectivity index is 0.000000190. The highest BCUT2D eigenvalue weighted by Crippen LogP contribution is 2.28. The van der Waals surface area contributed by atoms with E-state index in [1.54, 1.807) is 68.4 Å². The topological polar surface area (TPSA) is 346 Å². The van der Waals surface area contributed by atoms with E-state index in [4.69, 9.17) is 34.3 Å². The fraction of sp³-hybridized carbons (Fsp3) is 0.314. The maximum absolute atomic E-state index is 11.8. The number of urea groups is 4. The first kappa shape index (κ1) is 58.5. The van der Waals surface area contributed by atoms with Crippen molar-refractivity contribution in [2.45, 2.75) is 52.7 Å². The molecule has 4 aliphatic rings. The fourth-order valence-corrected chi connectivity index (χ4v) is 7.49. The van der Waals surface area contributed by atoms with Crippen LogP contribution in [0.4, 0.5) is 41.9 Å². The minimum Gasteiger partial charge on any atom is -0.488 e. The molecule has 12 amide bonds. The average Bonchev–Trinajstić information content (AvgIpc) is 3.38. The van der Waals surface area contributed by atoms with Crippen LogP contribution in [0, 0.1) is 20.8 Å². The lowest BCUT2D eigenvalue weighted by Crippen LogP contribution is -2.49. The van der Waals surface area contributed by atoms with Crippen molar-refractivity contribution in [1.29, 1.82) is 0 Å². The number of ether oxygens (including phenoxy) is 4. The van der Waals surface area contributed by atoms with E-state index in [2.05, 4.69) is 21.3 Å². The number of anilines is 4. The number of amides is 12. The Hall–Kier alpha value is -9.43. The maximum atomic E-state index is 11.8. The summed E-state index contributed by atoms with van der Waals surface area (Å²) in [6.07, 6.45) is 0.521. The van der Waals surface area contributed by atoms with E-state index in [0.29, 0.717) is 47.2 Å². The van der Waals surface area contributed by atoms with Gasteiger partial charge >= 0.3 is 42.0 Å². The lowest BCUT2D eigenvalue weighted by molar-refractivity contribution is -0.139. The number of hydrogen-bond acceptors (Lipinski definition) is 15. The summed E-state index contributed by atoms with van der Waals surface area (Å²) in [4.78, 5) is 129. The average molecular weight is 1070 g/mol. The third-order valence-corrected chi connectivity index (χ3v) is 11.6. The van der Waals surface area contributed by atoms with Crippen molar-refractivity contribution >= 4 is 88.4 Å². The third kappa shape index (κ3) is 16.5. The number of nitrogens with one attached hydrogen (secondary N) is 4. The second-order valence-corrected chi connectivity index (χ2v) is 17.0. The zero-order valence-electron chi connectivity index (χ0n) is 42.4. The van der Waals surface area contributed by atoms with Crippen molar-refractivity contribution in [3.05, 3.63) is 107 Å². The molecule has 4 aliphatic heterocycles. The van der Waals surface area contributed by atoms with Crippen molar-refractivity contribution in [1.82, 2.24) is 21.3 Å². The highest BCUT2D eigenvalue weighted by atomic mass is 16.7. The monoisotopic (exact) mass is 1070 g/mol. The first-order valence-electron chi connectivity index (χ1n) is 23.5. The lowest BCUT2D eigenvalue weighted by atomic mass is 10.1. The molecule has 408 valence electrons. The predicted octanol–water partition coefficient (Wildman–Crippen LogP) is 4.31. The Morgan fingerprint density at radius 1 is 0.481 bits per heavy atom. The summed E-state index contributed by atoms with van der Waals surface area (Å²) in [5.74, 6) is -3.36. The number of nitrogens with zero attached hydrogens (tertiary/aromatic N) is 4. The van der Waals surface area contributed by atoms with Gasteiger partial charge in [0.25, 0.3) is 0 Å². The van der Waals surface area contributed by atoms with Gasteiger partial charge in [-0.25, -0.2) is 33.6 Å². The summed E-state index contributed by atoms with van der Waals surface area (Å²) in [7, 11) is 3.08. The molecule has 4 aromatic carbocycles. The Bertz CT molecular complexity index is 2830. The zero-order chi connectivity index (χ0) is 56.5. The second kappa shape index (κ2) is 27.2. The molecule has 0 unspecified atom stereocenters. The Labute approximate surface area is 439 Å². The molecule has 77 heavy (non-hydrogen) atoms. The number of benzene rings is 4. The molecule has 0 atom stereocenters. The molecule has 26 nitrogen and oxygen atoms in total. The van der Waals surface area contributed by atoms with Crippen LogP contribution in [0.5, 0.6) is 11.5 Å². The summed E-state index contributed by atoms with van der Waals surface area (Å²) in [6, 6.07) is 19.2. The minimum atomic E-state index is -1.08.